The van der Waals surface area contributed by atoms with Crippen molar-refractivity contribution in [2.24, 2.45) is 5.92 Å². The second kappa shape index (κ2) is 8.32. The number of nitrogens with one attached hydrogen (secondary N) is 1. The standard InChI is InChI=1S/C18H16Cl2F2N2O3S/c19-12-1-2-16(20)17(7-12)28(26,27)24-5-3-11(4-6-24)18(25)23-15-9-13(21)8-14(22)10-15/h1-2,7-11H,3-6H2,(H,23,25). The Kier molecular flexibility index (Phi) is 6.24. The molecule has 28 heavy (non-hydrogen) atoms. The molecule has 0 saturated carbocycles. The molecular weight excluding hydrogens is 433 g/mol. The number of sulfonamides is 1. The van der Waals surface area contributed by atoms with Crippen LogP contribution < -0.4 is 5.32 Å². The average molecular weight is 449 g/mol. The highest BCUT2D eigenvalue weighted by molar-refractivity contribution is 7.89. The predicted molar refractivity (Wildman–Crippen MR) is 103 cm³/mol. The topological polar surface area (TPSA) is 66.5 Å². The van der Waals surface area contributed by atoms with E-state index in [1.807, 2.05) is 0 Å². The van der Waals surface area contributed by atoms with Crippen LogP contribution in [0, 0.1) is 17.6 Å². The fraction of sp³-hybridized carbons (Fsp3) is 0.278. The first-order valence-corrected chi connectivity index (χ1v) is 10.6. The van der Waals surface area contributed by atoms with Crippen molar-refractivity contribution in [2.75, 3.05) is 18.4 Å². The number of rotatable bonds is 4. The first-order chi connectivity index (χ1) is 13.2. The smallest absolute Gasteiger partial charge is 0.244 e. The number of halogens is 4. The molecule has 3 rings (SSSR count). The number of carbonyl (C=O) groups excluding carboxylic acids is 1. The summed E-state index contributed by atoms with van der Waals surface area (Å²) in [5.74, 6) is -2.49. The molecule has 1 saturated heterocycles. The SMILES string of the molecule is O=C(Nc1cc(F)cc(F)c1)C1CCN(S(=O)(=O)c2cc(Cl)ccc2Cl)CC1. The minimum absolute atomic E-state index is 0.0169. The zero-order valence-electron chi connectivity index (χ0n) is 14.5. The molecule has 0 radical (unpaired) electrons. The van der Waals surface area contributed by atoms with Gasteiger partial charge in [0.05, 0.1) is 5.02 Å². The zero-order valence-corrected chi connectivity index (χ0v) is 16.8. The van der Waals surface area contributed by atoms with E-state index in [-0.39, 0.29) is 46.6 Å². The van der Waals surface area contributed by atoms with Gasteiger partial charge in [0.1, 0.15) is 16.5 Å². The molecule has 1 heterocycles. The van der Waals surface area contributed by atoms with Crippen LogP contribution in [0.4, 0.5) is 14.5 Å². The molecule has 0 aliphatic carbocycles. The molecule has 2 aromatic carbocycles. The van der Waals surface area contributed by atoms with E-state index in [4.69, 9.17) is 23.2 Å². The minimum Gasteiger partial charge on any atom is -0.326 e. The van der Waals surface area contributed by atoms with Gasteiger partial charge in [-0.2, -0.15) is 4.31 Å². The lowest BCUT2D eigenvalue weighted by molar-refractivity contribution is -0.120. The summed E-state index contributed by atoms with van der Waals surface area (Å²) in [5.41, 5.74) is 0.0169. The van der Waals surface area contributed by atoms with Gasteiger partial charge in [-0.25, -0.2) is 17.2 Å². The highest BCUT2D eigenvalue weighted by atomic mass is 35.5. The Bertz CT molecular complexity index is 990. The highest BCUT2D eigenvalue weighted by Crippen LogP contribution is 2.30. The summed E-state index contributed by atoms with van der Waals surface area (Å²) in [6.07, 6.45) is 0.530. The lowest BCUT2D eigenvalue weighted by Gasteiger charge is -2.30. The first-order valence-electron chi connectivity index (χ1n) is 8.39. The monoisotopic (exact) mass is 448 g/mol. The van der Waals surface area contributed by atoms with Gasteiger partial charge in [-0.3, -0.25) is 4.79 Å². The van der Waals surface area contributed by atoms with Crippen LogP contribution in [0.1, 0.15) is 12.8 Å². The molecule has 2 aromatic rings. The first kappa shape index (κ1) is 21.0. The number of amides is 1. The number of anilines is 1. The second-order valence-electron chi connectivity index (χ2n) is 6.40. The molecule has 1 aliphatic rings. The fourth-order valence-electron chi connectivity index (χ4n) is 3.04. The summed E-state index contributed by atoms with van der Waals surface area (Å²) in [6, 6.07) is 6.93. The van der Waals surface area contributed by atoms with Gasteiger partial charge >= 0.3 is 0 Å². The summed E-state index contributed by atoms with van der Waals surface area (Å²) in [5, 5.41) is 2.79. The summed E-state index contributed by atoms with van der Waals surface area (Å²) in [4.78, 5) is 12.3. The van der Waals surface area contributed by atoms with Gasteiger partial charge in [-0.05, 0) is 43.2 Å². The van der Waals surface area contributed by atoms with Gasteiger partial charge in [-0.1, -0.05) is 23.2 Å². The maximum Gasteiger partial charge on any atom is 0.244 e. The molecule has 0 bridgehead atoms. The Morgan fingerprint density at radius 2 is 1.64 bits per heavy atom. The van der Waals surface area contributed by atoms with E-state index >= 15 is 0 Å². The number of piperidine rings is 1. The van der Waals surface area contributed by atoms with E-state index in [2.05, 4.69) is 5.32 Å². The van der Waals surface area contributed by atoms with Crippen LogP contribution >= 0.6 is 23.2 Å². The molecule has 1 fully saturated rings. The quantitative estimate of drug-likeness (QED) is 0.757. The van der Waals surface area contributed by atoms with Crippen molar-refractivity contribution in [3.05, 3.63) is 58.1 Å². The molecule has 1 N–H and O–H groups in total. The van der Waals surface area contributed by atoms with Crippen LogP contribution in [-0.2, 0) is 14.8 Å². The van der Waals surface area contributed by atoms with Gasteiger partial charge < -0.3 is 5.32 Å². The maximum atomic E-state index is 13.2. The van der Waals surface area contributed by atoms with Gasteiger partial charge in [-0.15, -0.1) is 0 Å². The van der Waals surface area contributed by atoms with Crippen LogP contribution in [0.3, 0.4) is 0 Å². The van der Waals surface area contributed by atoms with Crippen LogP contribution in [0.2, 0.25) is 10.0 Å². The van der Waals surface area contributed by atoms with Crippen LogP contribution in [0.15, 0.2) is 41.3 Å². The van der Waals surface area contributed by atoms with Gasteiger partial charge in [0.25, 0.3) is 0 Å². The van der Waals surface area contributed by atoms with Crippen molar-refractivity contribution in [1.29, 1.82) is 0 Å². The fourth-order valence-corrected chi connectivity index (χ4v) is 5.25. The summed E-state index contributed by atoms with van der Waals surface area (Å²) in [6.45, 7) is 0.224. The number of nitrogens with zero attached hydrogens (tertiary/aromatic N) is 1. The molecule has 0 unspecified atom stereocenters. The number of hydrogen-bond donors (Lipinski definition) is 1. The maximum absolute atomic E-state index is 13.2. The normalized spacial score (nSPS) is 16.1. The molecule has 0 aromatic heterocycles. The Morgan fingerprint density at radius 3 is 2.25 bits per heavy atom. The lowest BCUT2D eigenvalue weighted by atomic mass is 9.97. The Morgan fingerprint density at radius 1 is 1.04 bits per heavy atom. The summed E-state index contributed by atoms with van der Waals surface area (Å²) in [7, 11) is -3.85. The summed E-state index contributed by atoms with van der Waals surface area (Å²) >= 11 is 11.9. The van der Waals surface area contributed by atoms with Crippen molar-refractivity contribution in [1.82, 2.24) is 4.31 Å². The molecule has 1 aliphatic heterocycles. The van der Waals surface area contributed by atoms with E-state index in [0.29, 0.717) is 6.07 Å². The lowest BCUT2D eigenvalue weighted by Crippen LogP contribution is -2.41. The van der Waals surface area contributed by atoms with Crippen molar-refractivity contribution in [3.8, 4) is 0 Å². The number of carbonyl (C=O) groups is 1. The Hall–Kier alpha value is -1.74. The predicted octanol–water partition coefficient (Wildman–Crippen LogP) is 4.31. The molecule has 10 heteroatoms. The van der Waals surface area contributed by atoms with Crippen molar-refractivity contribution < 1.29 is 22.0 Å². The molecule has 150 valence electrons. The zero-order chi connectivity index (χ0) is 20.5. The average Bonchev–Trinajstić information content (AvgIpc) is 2.63. The van der Waals surface area contributed by atoms with Gasteiger partial charge in [0, 0.05) is 35.8 Å². The highest BCUT2D eigenvalue weighted by Gasteiger charge is 2.33. The molecule has 5 nitrogen and oxygen atoms in total. The Balaban J connectivity index is 1.66. The van der Waals surface area contributed by atoms with Crippen LogP contribution in [0.5, 0.6) is 0 Å². The van der Waals surface area contributed by atoms with Crippen molar-refractivity contribution >= 4 is 44.8 Å². The van der Waals surface area contributed by atoms with E-state index in [1.165, 1.54) is 22.5 Å². The third-order valence-corrected chi connectivity index (χ3v) is 7.08. The molecule has 1 amide bonds. The minimum atomic E-state index is -3.85. The Labute approximate surface area is 171 Å². The van der Waals surface area contributed by atoms with Crippen LogP contribution in [0.25, 0.3) is 0 Å². The van der Waals surface area contributed by atoms with E-state index in [1.54, 1.807) is 0 Å². The van der Waals surface area contributed by atoms with Gasteiger partial charge in [0.2, 0.25) is 15.9 Å². The molecular formula is C18H16Cl2F2N2O3S. The van der Waals surface area contributed by atoms with E-state index in [0.717, 1.165) is 12.1 Å². The third-order valence-electron chi connectivity index (χ3n) is 4.47. The second-order valence-corrected chi connectivity index (χ2v) is 9.15. The number of benzene rings is 2. The molecule has 0 atom stereocenters. The molecule has 0 spiro atoms. The van der Waals surface area contributed by atoms with Crippen molar-refractivity contribution in [2.45, 2.75) is 17.7 Å². The third kappa shape index (κ3) is 4.63. The number of hydrogen-bond acceptors (Lipinski definition) is 3. The summed E-state index contributed by atoms with van der Waals surface area (Å²) < 4.78 is 53.3. The van der Waals surface area contributed by atoms with Crippen LogP contribution in [-0.4, -0.2) is 31.7 Å². The van der Waals surface area contributed by atoms with E-state index < -0.39 is 33.5 Å². The van der Waals surface area contributed by atoms with Crippen molar-refractivity contribution in [3.63, 3.8) is 0 Å². The van der Waals surface area contributed by atoms with Gasteiger partial charge in [0.15, 0.2) is 0 Å². The largest absolute Gasteiger partial charge is 0.326 e. The van der Waals surface area contributed by atoms with E-state index in [9.17, 15) is 22.0 Å².